The van der Waals surface area contributed by atoms with Gasteiger partial charge in [0.2, 0.25) is 0 Å². The average Bonchev–Trinajstić information content (AvgIpc) is 3.35. The number of hydrogen-bond donors (Lipinski definition) is 2. The molecule has 0 saturated carbocycles. The molecule has 3 aromatic rings. The van der Waals surface area contributed by atoms with Gasteiger partial charge in [0.1, 0.15) is 29.5 Å². The minimum atomic E-state index is -0.540. The third-order valence-corrected chi connectivity index (χ3v) is 8.48. The van der Waals surface area contributed by atoms with Crippen LogP contribution in [0.25, 0.3) is 10.9 Å². The zero-order valence-electron chi connectivity index (χ0n) is 25.9. The summed E-state index contributed by atoms with van der Waals surface area (Å²) in [7, 11) is 4.09. The molecule has 7 nitrogen and oxygen atoms in total. The Balaban J connectivity index is 1.27. The van der Waals surface area contributed by atoms with Crippen molar-refractivity contribution in [3.8, 4) is 17.2 Å². The Hall–Kier alpha value is -3.71. The highest BCUT2D eigenvalue weighted by Crippen LogP contribution is 2.53. The van der Waals surface area contributed by atoms with Crippen LogP contribution in [0.1, 0.15) is 69.6 Å². The van der Waals surface area contributed by atoms with Crippen LogP contribution >= 0.6 is 0 Å². The summed E-state index contributed by atoms with van der Waals surface area (Å²) in [5, 5.41) is 3.66. The van der Waals surface area contributed by atoms with Crippen molar-refractivity contribution in [1.82, 2.24) is 15.2 Å². The SMILES string of the molecule is CCCc1cc(OC/C=C/NC(=O)Oc2cccc3[nH]cc(CCN(C)C)c23)c2c(c1)OC(C)(C)C1CCC(C)=CC21. The lowest BCUT2D eigenvalue weighted by atomic mass is 9.68. The van der Waals surface area contributed by atoms with Crippen molar-refractivity contribution in [2.75, 3.05) is 27.2 Å². The number of benzene rings is 2. The first kappa shape index (κ1) is 29.8. The molecule has 0 bridgehead atoms. The number of aromatic nitrogens is 1. The number of amides is 1. The second kappa shape index (κ2) is 12.7. The molecule has 1 aliphatic heterocycles. The third-order valence-electron chi connectivity index (χ3n) is 8.48. The van der Waals surface area contributed by atoms with Gasteiger partial charge in [-0.2, -0.15) is 0 Å². The quantitative estimate of drug-likeness (QED) is 0.246. The lowest BCUT2D eigenvalue weighted by Crippen LogP contribution is -2.45. The molecule has 42 heavy (non-hydrogen) atoms. The number of allylic oxidation sites excluding steroid dienone is 2. The number of likely N-dealkylation sites (N-methyl/N-ethyl adjacent to an activating group) is 1. The highest BCUT2D eigenvalue weighted by Gasteiger charge is 2.45. The number of nitrogens with one attached hydrogen (secondary N) is 2. The van der Waals surface area contributed by atoms with Gasteiger partial charge in [-0.1, -0.05) is 31.1 Å². The predicted octanol–water partition coefficient (Wildman–Crippen LogP) is 7.52. The van der Waals surface area contributed by atoms with Gasteiger partial charge in [0.05, 0.1) is 0 Å². The highest BCUT2D eigenvalue weighted by molar-refractivity contribution is 5.91. The van der Waals surface area contributed by atoms with Crippen LogP contribution < -0.4 is 19.5 Å². The monoisotopic (exact) mass is 571 g/mol. The zero-order chi connectivity index (χ0) is 29.9. The van der Waals surface area contributed by atoms with Crippen LogP contribution in [-0.2, 0) is 12.8 Å². The van der Waals surface area contributed by atoms with E-state index in [1.54, 1.807) is 12.3 Å². The number of aryl methyl sites for hydroxylation is 1. The van der Waals surface area contributed by atoms with E-state index in [0.717, 1.165) is 72.2 Å². The van der Waals surface area contributed by atoms with Crippen molar-refractivity contribution in [3.63, 3.8) is 0 Å². The molecule has 7 heteroatoms. The summed E-state index contributed by atoms with van der Waals surface area (Å²) in [6.45, 7) is 10.0. The van der Waals surface area contributed by atoms with Crippen LogP contribution in [0.5, 0.6) is 17.2 Å². The molecule has 5 rings (SSSR count). The molecule has 2 aliphatic rings. The second-order valence-corrected chi connectivity index (χ2v) is 12.4. The molecule has 2 unspecified atom stereocenters. The molecule has 2 N–H and O–H groups in total. The molecule has 0 spiro atoms. The Morgan fingerprint density at radius 2 is 2.05 bits per heavy atom. The predicted molar refractivity (Wildman–Crippen MR) is 169 cm³/mol. The molecule has 2 atom stereocenters. The summed E-state index contributed by atoms with van der Waals surface area (Å²) >= 11 is 0. The molecular formula is C35H45N3O4. The number of rotatable bonds is 10. The molecule has 0 radical (unpaired) electrons. The summed E-state index contributed by atoms with van der Waals surface area (Å²) in [4.78, 5) is 18.1. The van der Waals surface area contributed by atoms with Gasteiger partial charge in [-0.05, 0) is 102 Å². The zero-order valence-corrected chi connectivity index (χ0v) is 25.9. The Kier molecular flexibility index (Phi) is 8.97. The summed E-state index contributed by atoms with van der Waals surface area (Å²) in [6.07, 6.45) is 12.3. The Morgan fingerprint density at radius 3 is 2.83 bits per heavy atom. The van der Waals surface area contributed by atoms with Crippen LogP contribution in [-0.4, -0.2) is 48.8 Å². The molecular weight excluding hydrogens is 526 g/mol. The molecule has 2 aromatic carbocycles. The summed E-state index contributed by atoms with van der Waals surface area (Å²) in [6, 6.07) is 10.1. The van der Waals surface area contributed by atoms with E-state index in [0.29, 0.717) is 18.3 Å². The third kappa shape index (κ3) is 6.51. The van der Waals surface area contributed by atoms with Crippen LogP contribution in [0.4, 0.5) is 4.79 Å². The normalized spacial score (nSPS) is 19.3. The van der Waals surface area contributed by atoms with E-state index in [9.17, 15) is 4.79 Å². The molecule has 2 heterocycles. The van der Waals surface area contributed by atoms with Crippen molar-refractivity contribution in [1.29, 1.82) is 0 Å². The molecule has 0 saturated heterocycles. The van der Waals surface area contributed by atoms with Gasteiger partial charge in [-0.25, -0.2) is 4.79 Å². The summed E-state index contributed by atoms with van der Waals surface area (Å²) < 4.78 is 18.7. The molecule has 224 valence electrons. The lowest BCUT2D eigenvalue weighted by molar-refractivity contribution is 0.0106. The van der Waals surface area contributed by atoms with E-state index in [4.69, 9.17) is 14.2 Å². The minimum absolute atomic E-state index is 0.237. The van der Waals surface area contributed by atoms with Gasteiger partial charge in [0.25, 0.3) is 0 Å². The number of carbonyl (C=O) groups is 1. The fraction of sp³-hybridized carbons (Fsp3) is 0.457. The maximum Gasteiger partial charge on any atom is 0.416 e. The van der Waals surface area contributed by atoms with Gasteiger partial charge in [0, 0.05) is 47.2 Å². The number of aromatic amines is 1. The van der Waals surface area contributed by atoms with Crippen molar-refractivity contribution in [2.24, 2.45) is 5.92 Å². The fourth-order valence-electron chi connectivity index (χ4n) is 6.40. The Bertz CT molecular complexity index is 1480. The maximum absolute atomic E-state index is 12.7. The first-order chi connectivity index (χ1) is 20.2. The van der Waals surface area contributed by atoms with E-state index in [2.05, 4.69) is 61.1 Å². The van der Waals surface area contributed by atoms with E-state index < -0.39 is 6.09 Å². The minimum Gasteiger partial charge on any atom is -0.489 e. The van der Waals surface area contributed by atoms with E-state index >= 15 is 0 Å². The lowest BCUT2D eigenvalue weighted by Gasteiger charge is -2.46. The number of hydrogen-bond acceptors (Lipinski definition) is 5. The molecule has 1 amide bonds. The standard InChI is InChI=1S/C35H45N3O4/c1-7-10-24-20-30(33-26-19-23(2)13-14-27(26)35(3,4)42-31(33)21-24)40-18-9-16-36-34(39)41-29-12-8-11-28-32(29)25(22-37-28)15-17-38(5)6/h8-9,11-12,16,19-22,26-27,37H,7,10,13-15,17-18H2,1-6H3,(H,36,39)/b16-9+. The van der Waals surface area contributed by atoms with Crippen LogP contribution in [0.15, 0.2) is 60.5 Å². The Labute approximate surface area is 249 Å². The summed E-state index contributed by atoms with van der Waals surface area (Å²) in [5.74, 6) is 3.00. The van der Waals surface area contributed by atoms with Crippen molar-refractivity contribution < 1.29 is 19.0 Å². The number of H-pyrrole nitrogens is 1. The van der Waals surface area contributed by atoms with Gasteiger partial charge < -0.3 is 24.1 Å². The van der Waals surface area contributed by atoms with Crippen molar-refractivity contribution >= 4 is 17.0 Å². The van der Waals surface area contributed by atoms with Crippen LogP contribution in [0, 0.1) is 5.92 Å². The van der Waals surface area contributed by atoms with Gasteiger partial charge in [-0.3, -0.25) is 5.32 Å². The van der Waals surface area contributed by atoms with Crippen LogP contribution in [0.3, 0.4) is 0 Å². The van der Waals surface area contributed by atoms with Gasteiger partial charge in [-0.15, -0.1) is 0 Å². The molecule has 0 fully saturated rings. The Morgan fingerprint density at radius 1 is 1.21 bits per heavy atom. The largest absolute Gasteiger partial charge is 0.489 e. The number of fused-ring (bicyclic) bond motifs is 4. The van der Waals surface area contributed by atoms with Crippen molar-refractivity contribution in [2.45, 2.75) is 71.3 Å². The number of ether oxygens (including phenoxy) is 3. The first-order valence-electron chi connectivity index (χ1n) is 15.2. The van der Waals surface area contributed by atoms with E-state index in [1.807, 2.05) is 38.5 Å². The van der Waals surface area contributed by atoms with Gasteiger partial charge in [0.15, 0.2) is 0 Å². The first-order valence-corrected chi connectivity index (χ1v) is 15.2. The molecule has 1 aromatic heterocycles. The maximum atomic E-state index is 12.7. The second-order valence-electron chi connectivity index (χ2n) is 12.4. The molecule has 1 aliphatic carbocycles. The van der Waals surface area contributed by atoms with Crippen LogP contribution in [0.2, 0.25) is 0 Å². The fourth-order valence-corrected chi connectivity index (χ4v) is 6.40. The number of nitrogens with zero attached hydrogens (tertiary/aromatic N) is 1. The van der Waals surface area contributed by atoms with E-state index in [-0.39, 0.29) is 11.5 Å². The highest BCUT2D eigenvalue weighted by atomic mass is 16.6. The average molecular weight is 572 g/mol. The van der Waals surface area contributed by atoms with Gasteiger partial charge >= 0.3 is 6.09 Å². The number of carbonyl (C=O) groups excluding carboxylic acids is 1. The smallest absolute Gasteiger partial charge is 0.416 e. The van der Waals surface area contributed by atoms with Crippen molar-refractivity contribution in [3.05, 3.63) is 77.1 Å². The summed E-state index contributed by atoms with van der Waals surface area (Å²) in [5.41, 5.74) is 5.61. The van der Waals surface area contributed by atoms with E-state index in [1.165, 1.54) is 11.1 Å². The topological polar surface area (TPSA) is 75.8 Å².